The number of piperidine rings is 1. The zero-order valence-electron chi connectivity index (χ0n) is 30.5. The van der Waals surface area contributed by atoms with E-state index < -0.39 is 44.8 Å². The minimum absolute atomic E-state index is 0.00844. The second-order valence-corrected chi connectivity index (χ2v) is 27.9. The molecule has 0 aromatic rings. The maximum absolute atomic E-state index is 13.7. The van der Waals surface area contributed by atoms with E-state index >= 15 is 0 Å². The topological polar surface area (TPSA) is 77.5 Å². The van der Waals surface area contributed by atoms with Crippen LogP contribution in [-0.4, -0.2) is 82.4 Å². The Labute approximate surface area is 270 Å². The number of aliphatic hydroxyl groups is 1. The molecule has 0 saturated carbocycles. The van der Waals surface area contributed by atoms with Gasteiger partial charge in [-0.05, 0) is 68.5 Å². The van der Waals surface area contributed by atoms with Crippen LogP contribution in [-0.2, 0) is 18.3 Å². The molecule has 2 unspecified atom stereocenters. The average molecular weight is 650 g/mol. The molecule has 1 aliphatic carbocycles. The van der Waals surface area contributed by atoms with Crippen LogP contribution in [0.15, 0.2) is 23.8 Å². The van der Waals surface area contributed by atoms with Crippen molar-refractivity contribution in [1.82, 2.24) is 4.90 Å². The molecule has 0 aromatic carbocycles. The molecule has 9 heteroatoms. The number of hydrogen-bond donors (Lipinski definition) is 1. The Bertz CT molecular complexity index is 1180. The Hall–Kier alpha value is -0.976. The minimum Gasteiger partial charge on any atom is -0.444 e. The quantitative estimate of drug-likeness (QED) is 0.213. The second-order valence-electron chi connectivity index (χ2n) is 18.3. The highest BCUT2D eigenvalue weighted by Gasteiger charge is 2.81. The Kier molecular flexibility index (Phi) is 9.00. The molecular weight excluding hydrogens is 587 g/mol. The van der Waals surface area contributed by atoms with E-state index in [2.05, 4.69) is 99.8 Å². The number of ether oxygens (including phenoxy) is 2. The van der Waals surface area contributed by atoms with E-state index in [1.165, 1.54) is 0 Å². The van der Waals surface area contributed by atoms with Crippen molar-refractivity contribution in [2.45, 2.75) is 142 Å². The van der Waals surface area contributed by atoms with Crippen molar-refractivity contribution in [3.05, 3.63) is 23.8 Å². The molecule has 3 aliphatic heterocycles. The van der Waals surface area contributed by atoms with Gasteiger partial charge in [-0.1, -0.05) is 80.0 Å². The van der Waals surface area contributed by atoms with Gasteiger partial charge in [0.05, 0.1) is 29.6 Å². The number of carbonyl (C=O) groups excluding carboxylic acids is 1. The van der Waals surface area contributed by atoms with Gasteiger partial charge in [0.15, 0.2) is 16.6 Å². The second kappa shape index (κ2) is 11.0. The van der Waals surface area contributed by atoms with E-state index in [1.54, 1.807) is 0 Å². The molecule has 252 valence electrons. The monoisotopic (exact) mass is 649 g/mol. The Morgan fingerprint density at radius 3 is 2.07 bits per heavy atom. The lowest BCUT2D eigenvalue weighted by atomic mass is 9.43. The van der Waals surface area contributed by atoms with E-state index in [9.17, 15) is 9.90 Å². The maximum Gasteiger partial charge on any atom is 0.410 e. The number of carbonyl (C=O) groups is 1. The van der Waals surface area contributed by atoms with Gasteiger partial charge in [0.1, 0.15) is 11.2 Å². The molecular formula is C35H63NO6Si2. The summed E-state index contributed by atoms with van der Waals surface area (Å²) in [5.41, 5.74) is -1.82. The molecule has 0 aromatic heterocycles. The summed E-state index contributed by atoms with van der Waals surface area (Å²) in [7, 11) is -4.43. The minimum atomic E-state index is -2.22. The number of rotatable bonds is 8. The zero-order valence-corrected chi connectivity index (χ0v) is 32.5. The smallest absolute Gasteiger partial charge is 0.410 e. The molecule has 1 N–H and O–H groups in total. The van der Waals surface area contributed by atoms with Gasteiger partial charge in [0.2, 0.25) is 0 Å². The summed E-state index contributed by atoms with van der Waals surface area (Å²) >= 11 is 0. The Morgan fingerprint density at radius 2 is 1.57 bits per heavy atom. The van der Waals surface area contributed by atoms with Crippen LogP contribution in [0.25, 0.3) is 0 Å². The lowest BCUT2D eigenvalue weighted by molar-refractivity contribution is -0.149. The van der Waals surface area contributed by atoms with Crippen LogP contribution in [0.5, 0.6) is 0 Å². The van der Waals surface area contributed by atoms with Crippen LogP contribution in [0.4, 0.5) is 4.79 Å². The first kappa shape index (κ1) is 35.9. The van der Waals surface area contributed by atoms with Crippen LogP contribution in [0.3, 0.4) is 0 Å². The molecule has 3 heterocycles. The summed E-state index contributed by atoms with van der Waals surface area (Å²) in [6.07, 6.45) is 6.12. The van der Waals surface area contributed by atoms with Crippen LogP contribution in [0.2, 0.25) is 36.3 Å². The molecule has 4 rings (SSSR count). The van der Waals surface area contributed by atoms with Crippen molar-refractivity contribution in [3.8, 4) is 0 Å². The highest BCUT2D eigenvalue weighted by Crippen LogP contribution is 2.72. The number of amides is 1. The zero-order chi connectivity index (χ0) is 33.5. The first-order valence-corrected chi connectivity index (χ1v) is 22.6. The predicted octanol–water partition coefficient (Wildman–Crippen LogP) is 7.92. The molecule has 1 amide bonds. The largest absolute Gasteiger partial charge is 0.444 e. The number of aliphatic hydroxyl groups excluding tert-OH is 1. The highest BCUT2D eigenvalue weighted by atomic mass is 28.4. The maximum atomic E-state index is 13.7. The van der Waals surface area contributed by atoms with Gasteiger partial charge >= 0.3 is 6.09 Å². The number of likely N-dealkylation sites (tertiary alicyclic amines) is 1. The molecule has 7 atom stereocenters. The van der Waals surface area contributed by atoms with Gasteiger partial charge in [0, 0.05) is 25.7 Å². The van der Waals surface area contributed by atoms with E-state index in [1.807, 2.05) is 25.7 Å². The van der Waals surface area contributed by atoms with Crippen molar-refractivity contribution in [3.63, 3.8) is 0 Å². The molecule has 2 bridgehead atoms. The first-order chi connectivity index (χ1) is 19.8. The molecule has 2 fully saturated rings. The summed E-state index contributed by atoms with van der Waals surface area (Å²) in [6, 6.07) is 0. The average Bonchev–Trinajstić information content (AvgIpc) is 3.39. The first-order valence-electron chi connectivity index (χ1n) is 16.8. The fourth-order valence-corrected chi connectivity index (χ4v) is 9.37. The summed E-state index contributed by atoms with van der Waals surface area (Å²) in [6.45, 7) is 34.4. The standard InChI is InChI=1S/C35H63NO6Si2/c1-16-24(2)26-19-25-20-36(29(38)42-30(3,4)5)21-33-18-17-27(41-33)34(28(26)37,22-39-43(12,13)31(6,7)8)35(25,33)23-40-44(14,15)32(9,10)11/h17-19,24,26-28,37H,16,20-23H2,1-15H3/t24?,26?,27-,28+,33-,34+,35+/m1/s1. The van der Waals surface area contributed by atoms with Crippen LogP contribution in [0, 0.1) is 22.7 Å². The molecule has 0 radical (unpaired) electrons. The highest BCUT2D eigenvalue weighted by molar-refractivity contribution is 6.74. The molecule has 2 saturated heterocycles. The van der Waals surface area contributed by atoms with E-state index in [0.29, 0.717) is 26.3 Å². The van der Waals surface area contributed by atoms with Crippen molar-refractivity contribution in [2.75, 3.05) is 26.3 Å². The summed E-state index contributed by atoms with van der Waals surface area (Å²) in [5.74, 6) is 0.128. The third kappa shape index (κ3) is 5.43. The van der Waals surface area contributed by atoms with Crippen molar-refractivity contribution in [2.24, 2.45) is 22.7 Å². The molecule has 7 nitrogen and oxygen atoms in total. The molecule has 44 heavy (non-hydrogen) atoms. The Balaban J connectivity index is 1.95. The summed E-state index contributed by atoms with van der Waals surface area (Å²) in [5, 5.41) is 12.8. The molecule has 1 spiro atoms. The third-order valence-electron chi connectivity index (χ3n) is 12.4. The van der Waals surface area contributed by atoms with Gasteiger partial charge in [-0.3, -0.25) is 0 Å². The molecule has 4 aliphatic rings. The number of fused-ring (bicyclic) bond motifs is 2. The van der Waals surface area contributed by atoms with Crippen molar-refractivity contribution < 1.29 is 28.2 Å². The van der Waals surface area contributed by atoms with Gasteiger partial charge < -0.3 is 28.3 Å². The lowest BCUT2D eigenvalue weighted by Crippen LogP contribution is -2.73. The van der Waals surface area contributed by atoms with E-state index in [0.717, 1.165) is 12.0 Å². The fourth-order valence-electron chi connectivity index (χ4n) is 7.33. The van der Waals surface area contributed by atoms with Gasteiger partial charge in [0.25, 0.3) is 0 Å². The van der Waals surface area contributed by atoms with Gasteiger partial charge in [-0.25, -0.2) is 4.79 Å². The van der Waals surface area contributed by atoms with Gasteiger partial charge in [-0.15, -0.1) is 0 Å². The SMILES string of the molecule is CCC(C)C1C=C2CN(C(=O)OC(C)(C)C)C[C@@]34C=C[C@@H](O3)[C@@](CO[Si](C)(C)C(C)(C)C)([C@H]1O)[C@@]24CO[Si](C)(C)C(C)(C)C. The van der Waals surface area contributed by atoms with Crippen LogP contribution < -0.4 is 0 Å². The van der Waals surface area contributed by atoms with Crippen LogP contribution >= 0.6 is 0 Å². The Morgan fingerprint density at radius 1 is 1.02 bits per heavy atom. The normalized spacial score (nSPS) is 34.6. The predicted molar refractivity (Wildman–Crippen MR) is 183 cm³/mol. The lowest BCUT2D eigenvalue weighted by Gasteiger charge is -2.64. The van der Waals surface area contributed by atoms with Crippen LogP contribution in [0.1, 0.15) is 82.6 Å². The summed E-state index contributed by atoms with van der Waals surface area (Å²) < 4.78 is 27.4. The third-order valence-corrected chi connectivity index (χ3v) is 21.4. The van der Waals surface area contributed by atoms with Crippen molar-refractivity contribution >= 4 is 22.7 Å². The summed E-state index contributed by atoms with van der Waals surface area (Å²) in [4.78, 5) is 15.5. The number of hydrogen-bond acceptors (Lipinski definition) is 6. The van der Waals surface area contributed by atoms with Gasteiger partial charge in [-0.2, -0.15) is 0 Å². The fraction of sp³-hybridized carbons (Fsp3) is 0.857. The van der Waals surface area contributed by atoms with E-state index in [-0.39, 0.29) is 34.1 Å². The van der Waals surface area contributed by atoms with Crippen molar-refractivity contribution in [1.29, 1.82) is 0 Å². The van der Waals surface area contributed by atoms with E-state index in [4.69, 9.17) is 18.3 Å². The number of nitrogens with zero attached hydrogens (tertiary/aromatic N) is 1.